The van der Waals surface area contributed by atoms with Crippen molar-refractivity contribution in [1.29, 1.82) is 0 Å². The van der Waals surface area contributed by atoms with Crippen molar-refractivity contribution in [3.05, 3.63) is 33.9 Å². The van der Waals surface area contributed by atoms with Gasteiger partial charge in [-0.1, -0.05) is 26.8 Å². The molecule has 2 rings (SSSR count). The molecular weight excluding hydrogens is 346 g/mol. The summed E-state index contributed by atoms with van der Waals surface area (Å²) in [4.78, 5) is 24.2. The van der Waals surface area contributed by atoms with E-state index in [4.69, 9.17) is 0 Å². The van der Waals surface area contributed by atoms with E-state index in [-0.39, 0.29) is 29.6 Å². The van der Waals surface area contributed by atoms with Crippen LogP contribution >= 0.6 is 0 Å². The van der Waals surface area contributed by atoms with Gasteiger partial charge in [-0.05, 0) is 12.5 Å². The Labute approximate surface area is 147 Å². The van der Waals surface area contributed by atoms with Gasteiger partial charge in [0.05, 0.1) is 9.82 Å². The fourth-order valence-electron chi connectivity index (χ4n) is 2.73. The van der Waals surface area contributed by atoms with E-state index in [0.717, 1.165) is 6.07 Å². The van der Waals surface area contributed by atoms with Crippen molar-refractivity contribution in [2.75, 3.05) is 26.2 Å². The molecule has 0 N–H and O–H groups in total. The second-order valence-corrected chi connectivity index (χ2v) is 9.06. The SMILES string of the molecule is Cc1ccc([N+](=O)[O-])cc1S(=O)(=O)N1CCN(C(=O)C(C)(C)C)CC1. The Bertz CT molecular complexity index is 790. The Morgan fingerprint density at radius 1 is 1.16 bits per heavy atom. The van der Waals surface area contributed by atoms with Crippen LogP contribution in [0.5, 0.6) is 0 Å². The van der Waals surface area contributed by atoms with Crippen LogP contribution in [0.4, 0.5) is 5.69 Å². The normalized spacial score (nSPS) is 16.7. The van der Waals surface area contributed by atoms with Gasteiger partial charge in [-0.25, -0.2) is 8.42 Å². The second kappa shape index (κ2) is 6.72. The van der Waals surface area contributed by atoms with E-state index in [9.17, 15) is 23.3 Å². The zero-order valence-electron chi connectivity index (χ0n) is 14.9. The molecule has 0 bridgehead atoms. The van der Waals surface area contributed by atoms with Gasteiger partial charge in [0.1, 0.15) is 0 Å². The number of carbonyl (C=O) groups excluding carboxylic acids is 1. The van der Waals surface area contributed by atoms with Crippen LogP contribution in [-0.4, -0.2) is 54.6 Å². The Morgan fingerprint density at radius 2 is 1.72 bits per heavy atom. The molecule has 1 aromatic rings. The van der Waals surface area contributed by atoms with E-state index in [0.29, 0.717) is 18.7 Å². The quantitative estimate of drug-likeness (QED) is 0.597. The van der Waals surface area contributed by atoms with Crippen LogP contribution in [0.3, 0.4) is 0 Å². The van der Waals surface area contributed by atoms with Gasteiger partial charge in [-0.2, -0.15) is 4.31 Å². The highest BCUT2D eigenvalue weighted by Gasteiger charge is 2.34. The number of carbonyl (C=O) groups is 1. The largest absolute Gasteiger partial charge is 0.340 e. The lowest BCUT2D eigenvalue weighted by Crippen LogP contribution is -2.53. The third-order valence-electron chi connectivity index (χ3n) is 4.17. The number of hydrogen-bond acceptors (Lipinski definition) is 5. The summed E-state index contributed by atoms with van der Waals surface area (Å²) in [5.74, 6) is -0.0175. The van der Waals surface area contributed by atoms with Gasteiger partial charge in [0, 0.05) is 43.7 Å². The second-order valence-electron chi connectivity index (χ2n) is 7.15. The van der Waals surface area contributed by atoms with Crippen LogP contribution in [0.25, 0.3) is 0 Å². The smallest absolute Gasteiger partial charge is 0.270 e. The number of rotatable bonds is 3. The predicted octanol–water partition coefficient (Wildman–Crippen LogP) is 1.78. The molecule has 1 saturated heterocycles. The lowest BCUT2D eigenvalue weighted by molar-refractivity contribution is -0.385. The number of nitro groups is 1. The molecule has 0 aromatic heterocycles. The summed E-state index contributed by atoms with van der Waals surface area (Å²) >= 11 is 0. The number of non-ortho nitro benzene ring substituents is 1. The van der Waals surface area contributed by atoms with E-state index < -0.39 is 20.4 Å². The highest BCUT2D eigenvalue weighted by molar-refractivity contribution is 7.89. The first-order valence-electron chi connectivity index (χ1n) is 7.99. The molecule has 0 aliphatic carbocycles. The molecule has 1 fully saturated rings. The molecule has 138 valence electrons. The fourth-order valence-corrected chi connectivity index (χ4v) is 4.39. The predicted molar refractivity (Wildman–Crippen MR) is 92.6 cm³/mol. The first-order valence-corrected chi connectivity index (χ1v) is 9.43. The van der Waals surface area contributed by atoms with E-state index >= 15 is 0 Å². The number of sulfonamides is 1. The highest BCUT2D eigenvalue weighted by atomic mass is 32.2. The van der Waals surface area contributed by atoms with Crippen molar-refractivity contribution < 1.29 is 18.1 Å². The van der Waals surface area contributed by atoms with E-state index in [1.807, 2.05) is 20.8 Å². The third kappa shape index (κ3) is 3.98. The molecule has 0 radical (unpaired) electrons. The highest BCUT2D eigenvalue weighted by Crippen LogP contribution is 2.26. The Morgan fingerprint density at radius 3 is 2.20 bits per heavy atom. The number of aryl methyl sites for hydroxylation is 1. The minimum atomic E-state index is -3.84. The summed E-state index contributed by atoms with van der Waals surface area (Å²) in [6.07, 6.45) is 0. The molecule has 0 atom stereocenters. The summed E-state index contributed by atoms with van der Waals surface area (Å²) in [5, 5.41) is 10.9. The molecule has 0 spiro atoms. The Kier molecular flexibility index (Phi) is 5.19. The maximum absolute atomic E-state index is 12.9. The molecule has 8 nitrogen and oxygen atoms in total. The monoisotopic (exact) mass is 369 g/mol. The average Bonchev–Trinajstić information content (AvgIpc) is 2.53. The van der Waals surface area contributed by atoms with Crippen molar-refractivity contribution in [1.82, 2.24) is 9.21 Å². The van der Waals surface area contributed by atoms with Crippen molar-refractivity contribution in [3.63, 3.8) is 0 Å². The van der Waals surface area contributed by atoms with E-state index in [1.165, 1.54) is 16.4 Å². The van der Waals surface area contributed by atoms with Crippen molar-refractivity contribution >= 4 is 21.6 Å². The van der Waals surface area contributed by atoms with Crippen LogP contribution in [0.1, 0.15) is 26.3 Å². The van der Waals surface area contributed by atoms with Crippen molar-refractivity contribution in [3.8, 4) is 0 Å². The Hall–Kier alpha value is -2.00. The van der Waals surface area contributed by atoms with Gasteiger partial charge in [0.25, 0.3) is 5.69 Å². The number of nitrogens with zero attached hydrogens (tertiary/aromatic N) is 3. The van der Waals surface area contributed by atoms with Gasteiger partial charge in [-0.3, -0.25) is 14.9 Å². The van der Waals surface area contributed by atoms with Gasteiger partial charge < -0.3 is 4.90 Å². The maximum atomic E-state index is 12.9. The van der Waals surface area contributed by atoms with Crippen LogP contribution in [0.15, 0.2) is 23.1 Å². The van der Waals surface area contributed by atoms with Crippen LogP contribution in [0.2, 0.25) is 0 Å². The molecule has 1 aromatic carbocycles. The summed E-state index contributed by atoms with van der Waals surface area (Å²) in [6, 6.07) is 3.82. The Balaban J connectivity index is 2.22. The summed E-state index contributed by atoms with van der Waals surface area (Å²) < 4.78 is 27.0. The maximum Gasteiger partial charge on any atom is 0.270 e. The summed E-state index contributed by atoms with van der Waals surface area (Å²) in [6.45, 7) is 8.04. The van der Waals surface area contributed by atoms with Crippen molar-refractivity contribution in [2.24, 2.45) is 5.41 Å². The van der Waals surface area contributed by atoms with E-state index in [2.05, 4.69) is 0 Å². The standard InChI is InChI=1S/C16H23N3O5S/c1-12-5-6-13(19(21)22)11-14(12)25(23,24)18-9-7-17(8-10-18)15(20)16(2,3)4/h5-6,11H,7-10H2,1-4H3. The molecule has 1 aliphatic rings. The fraction of sp³-hybridized carbons (Fsp3) is 0.562. The molecule has 1 heterocycles. The van der Waals surface area contributed by atoms with Crippen molar-refractivity contribution in [2.45, 2.75) is 32.6 Å². The number of hydrogen-bond donors (Lipinski definition) is 0. The first-order chi connectivity index (χ1) is 11.4. The molecule has 0 unspecified atom stereocenters. The molecule has 25 heavy (non-hydrogen) atoms. The van der Waals surface area contributed by atoms with Gasteiger partial charge >= 0.3 is 0 Å². The minimum absolute atomic E-state index is 0.0175. The zero-order valence-corrected chi connectivity index (χ0v) is 15.7. The van der Waals surface area contributed by atoms with E-state index in [1.54, 1.807) is 11.8 Å². The topological polar surface area (TPSA) is 101 Å². The first kappa shape index (κ1) is 19.3. The van der Waals surface area contributed by atoms with Crippen LogP contribution in [-0.2, 0) is 14.8 Å². The summed E-state index contributed by atoms with van der Waals surface area (Å²) in [5.41, 5.74) is -0.318. The number of piperazine rings is 1. The number of nitro benzene ring substituents is 1. The zero-order chi connectivity index (χ0) is 19.0. The summed E-state index contributed by atoms with van der Waals surface area (Å²) in [7, 11) is -3.84. The van der Waals surface area contributed by atoms with Gasteiger partial charge in [0.15, 0.2) is 0 Å². The lowest BCUT2D eigenvalue weighted by atomic mass is 9.94. The average molecular weight is 369 g/mol. The minimum Gasteiger partial charge on any atom is -0.340 e. The lowest BCUT2D eigenvalue weighted by Gasteiger charge is -2.37. The molecule has 1 aliphatic heterocycles. The van der Waals surface area contributed by atoms with Crippen LogP contribution in [0, 0.1) is 22.5 Å². The number of benzene rings is 1. The molecule has 1 amide bonds. The van der Waals surface area contributed by atoms with Gasteiger partial charge in [-0.15, -0.1) is 0 Å². The molecule has 9 heteroatoms. The molecular formula is C16H23N3O5S. The third-order valence-corrected chi connectivity index (χ3v) is 6.21. The molecule has 0 saturated carbocycles. The van der Waals surface area contributed by atoms with Gasteiger partial charge in [0.2, 0.25) is 15.9 Å². The van der Waals surface area contributed by atoms with Crippen LogP contribution < -0.4 is 0 Å². The number of amides is 1.